The topological polar surface area (TPSA) is 57.5 Å². The van der Waals surface area contributed by atoms with Crippen molar-refractivity contribution >= 4 is 5.97 Å². The Hall–Kier alpha value is -1.09. The first-order valence-electron chi connectivity index (χ1n) is 5.15. The smallest absolute Gasteiger partial charge is 0.306 e. The number of carboxylic acid groups (broad SMARTS) is 1. The highest BCUT2D eigenvalue weighted by atomic mass is 16.4. The number of hydrogen-bond acceptors (Lipinski definition) is 2. The van der Waals surface area contributed by atoms with Crippen molar-refractivity contribution in [3.63, 3.8) is 0 Å². The number of aliphatic hydroxyl groups is 1. The first-order valence-corrected chi connectivity index (χ1v) is 5.15. The molecule has 0 aromatic heterocycles. The summed E-state index contributed by atoms with van der Waals surface area (Å²) in [6, 6.07) is 0. The largest absolute Gasteiger partial charge is 0.481 e. The maximum atomic E-state index is 10.6. The molecule has 0 saturated heterocycles. The van der Waals surface area contributed by atoms with E-state index in [4.69, 9.17) is 5.11 Å². The highest BCUT2D eigenvalue weighted by Gasteiger charge is 2.11. The van der Waals surface area contributed by atoms with E-state index in [1.807, 2.05) is 13.8 Å². The maximum absolute atomic E-state index is 10.6. The van der Waals surface area contributed by atoms with Gasteiger partial charge in [0.05, 0.1) is 12.0 Å². The molecule has 0 bridgehead atoms. The summed E-state index contributed by atoms with van der Waals surface area (Å²) in [7, 11) is 0. The summed E-state index contributed by atoms with van der Waals surface area (Å²) in [6.45, 7) is 9.15. The molecule has 0 amide bonds. The average Bonchev–Trinajstić information content (AvgIpc) is 2.15. The van der Waals surface area contributed by atoms with E-state index in [0.29, 0.717) is 12.8 Å². The van der Waals surface area contributed by atoms with Gasteiger partial charge in [0.1, 0.15) is 0 Å². The van der Waals surface area contributed by atoms with Gasteiger partial charge < -0.3 is 10.2 Å². The van der Waals surface area contributed by atoms with Gasteiger partial charge in [-0.15, -0.1) is 0 Å². The first kappa shape index (κ1) is 13.9. The normalized spacial score (nSPS) is 15.9. The molecular weight excluding hydrogens is 192 g/mol. The highest BCUT2D eigenvalue weighted by Crippen LogP contribution is 2.15. The van der Waals surface area contributed by atoms with Gasteiger partial charge in [0.2, 0.25) is 0 Å². The minimum Gasteiger partial charge on any atom is -0.481 e. The van der Waals surface area contributed by atoms with Crippen LogP contribution < -0.4 is 0 Å². The van der Waals surface area contributed by atoms with Crippen molar-refractivity contribution in [3.8, 4) is 0 Å². The molecule has 2 N–H and O–H groups in total. The third kappa shape index (κ3) is 5.37. The first-order chi connectivity index (χ1) is 6.88. The molecule has 3 heteroatoms. The second kappa shape index (κ2) is 6.40. The van der Waals surface area contributed by atoms with Gasteiger partial charge >= 0.3 is 5.97 Å². The number of aliphatic carboxylic acids is 1. The molecule has 0 rings (SSSR count). The van der Waals surface area contributed by atoms with Gasteiger partial charge in [-0.2, -0.15) is 0 Å². The molecule has 0 unspecified atom stereocenters. The van der Waals surface area contributed by atoms with Crippen LogP contribution in [0.4, 0.5) is 0 Å². The molecule has 0 aliphatic rings. The fraction of sp³-hybridized carbons (Fsp3) is 0.583. The van der Waals surface area contributed by atoms with Crippen molar-refractivity contribution in [2.75, 3.05) is 0 Å². The fourth-order valence-corrected chi connectivity index (χ4v) is 1.28. The van der Waals surface area contributed by atoms with Crippen LogP contribution in [0.1, 0.15) is 33.6 Å². The van der Waals surface area contributed by atoms with Crippen molar-refractivity contribution < 1.29 is 15.0 Å². The molecule has 0 aromatic carbocycles. The zero-order valence-corrected chi connectivity index (χ0v) is 9.66. The highest BCUT2D eigenvalue weighted by molar-refractivity contribution is 5.70. The molecule has 2 atom stereocenters. The lowest BCUT2D eigenvalue weighted by molar-refractivity contribution is -0.141. The van der Waals surface area contributed by atoms with Crippen LogP contribution in [-0.4, -0.2) is 22.3 Å². The molecule has 3 nitrogen and oxygen atoms in total. The molecule has 0 saturated carbocycles. The van der Waals surface area contributed by atoms with Gasteiger partial charge in [0.15, 0.2) is 0 Å². The number of hydrogen-bond donors (Lipinski definition) is 2. The second-order valence-corrected chi connectivity index (χ2v) is 3.91. The Morgan fingerprint density at radius 1 is 1.53 bits per heavy atom. The van der Waals surface area contributed by atoms with Crippen LogP contribution >= 0.6 is 0 Å². The predicted octanol–water partition coefficient (Wildman–Crippen LogP) is 2.37. The summed E-state index contributed by atoms with van der Waals surface area (Å²) in [4.78, 5) is 10.6. The summed E-state index contributed by atoms with van der Waals surface area (Å²) in [5.74, 6) is -1.25. The van der Waals surface area contributed by atoms with Crippen LogP contribution in [0.15, 0.2) is 23.8 Å². The standard InChI is InChI=1S/C12H20O3/c1-5-11(13)9(3)6-8(2)7-10(4)12(14)15/h6,10-11,13H,2,5,7H2,1,3-4H3,(H,14,15)/b9-6+/t10-,11+/m0/s1. The number of carboxylic acids is 1. The number of aliphatic hydroxyl groups excluding tert-OH is 1. The van der Waals surface area contributed by atoms with Crippen molar-refractivity contribution in [1.29, 1.82) is 0 Å². The van der Waals surface area contributed by atoms with Crippen molar-refractivity contribution in [2.45, 2.75) is 39.7 Å². The average molecular weight is 212 g/mol. The predicted molar refractivity (Wildman–Crippen MR) is 60.6 cm³/mol. The Labute approximate surface area is 91.1 Å². The van der Waals surface area contributed by atoms with Crippen LogP contribution in [0, 0.1) is 5.92 Å². The van der Waals surface area contributed by atoms with Crippen LogP contribution in [0.5, 0.6) is 0 Å². The van der Waals surface area contributed by atoms with E-state index in [1.54, 1.807) is 13.0 Å². The fourth-order valence-electron chi connectivity index (χ4n) is 1.28. The van der Waals surface area contributed by atoms with Gasteiger partial charge in [-0.25, -0.2) is 0 Å². The Kier molecular flexibility index (Phi) is 5.94. The van der Waals surface area contributed by atoms with Crippen LogP contribution in [0.2, 0.25) is 0 Å². The zero-order valence-electron chi connectivity index (χ0n) is 9.66. The Bertz CT molecular complexity index is 266. The minimum atomic E-state index is -0.821. The maximum Gasteiger partial charge on any atom is 0.306 e. The third-order valence-electron chi connectivity index (χ3n) is 2.33. The molecule has 0 fully saturated rings. The molecule has 86 valence electrons. The number of allylic oxidation sites excluding steroid dienone is 2. The van der Waals surface area contributed by atoms with Gasteiger partial charge in [-0.05, 0) is 25.3 Å². The summed E-state index contributed by atoms with van der Waals surface area (Å²) in [5, 5.41) is 18.2. The van der Waals surface area contributed by atoms with Crippen LogP contribution in [0.3, 0.4) is 0 Å². The molecule has 0 heterocycles. The molecule has 0 aliphatic heterocycles. The van der Waals surface area contributed by atoms with Gasteiger partial charge in [0.25, 0.3) is 0 Å². The van der Waals surface area contributed by atoms with Gasteiger partial charge in [-0.3, -0.25) is 4.79 Å². The number of carbonyl (C=O) groups is 1. The third-order valence-corrected chi connectivity index (χ3v) is 2.33. The second-order valence-electron chi connectivity index (χ2n) is 3.91. The number of rotatable bonds is 6. The molecular formula is C12H20O3. The zero-order chi connectivity index (χ0) is 12.0. The van der Waals surface area contributed by atoms with Gasteiger partial charge in [-0.1, -0.05) is 32.1 Å². The van der Waals surface area contributed by atoms with E-state index in [2.05, 4.69) is 6.58 Å². The van der Waals surface area contributed by atoms with E-state index in [0.717, 1.165) is 11.1 Å². The van der Waals surface area contributed by atoms with Crippen molar-refractivity contribution in [3.05, 3.63) is 23.8 Å². The van der Waals surface area contributed by atoms with Crippen molar-refractivity contribution in [2.24, 2.45) is 5.92 Å². The molecule has 0 spiro atoms. The Morgan fingerprint density at radius 3 is 2.47 bits per heavy atom. The van der Waals surface area contributed by atoms with E-state index in [9.17, 15) is 9.90 Å². The van der Waals surface area contributed by atoms with E-state index < -0.39 is 18.0 Å². The molecule has 0 aliphatic carbocycles. The van der Waals surface area contributed by atoms with E-state index >= 15 is 0 Å². The van der Waals surface area contributed by atoms with Crippen LogP contribution in [0.25, 0.3) is 0 Å². The SMILES string of the molecule is C=C(/C=C(\C)[C@H](O)CC)C[C@H](C)C(=O)O. The summed E-state index contributed by atoms with van der Waals surface area (Å²) < 4.78 is 0. The Morgan fingerprint density at radius 2 is 2.07 bits per heavy atom. The summed E-state index contributed by atoms with van der Waals surface area (Å²) >= 11 is 0. The van der Waals surface area contributed by atoms with Crippen molar-refractivity contribution in [1.82, 2.24) is 0 Å². The van der Waals surface area contributed by atoms with E-state index in [1.165, 1.54) is 0 Å². The monoisotopic (exact) mass is 212 g/mol. The molecule has 15 heavy (non-hydrogen) atoms. The van der Waals surface area contributed by atoms with Gasteiger partial charge in [0, 0.05) is 0 Å². The minimum absolute atomic E-state index is 0.420. The van der Waals surface area contributed by atoms with E-state index in [-0.39, 0.29) is 0 Å². The lowest BCUT2D eigenvalue weighted by Crippen LogP contribution is -2.10. The molecule has 0 radical (unpaired) electrons. The Balaban J connectivity index is 4.30. The molecule has 0 aromatic rings. The lowest BCUT2D eigenvalue weighted by atomic mass is 9.99. The van der Waals surface area contributed by atoms with Crippen LogP contribution in [-0.2, 0) is 4.79 Å². The summed E-state index contributed by atoms with van der Waals surface area (Å²) in [6.07, 6.45) is 2.39. The summed E-state index contributed by atoms with van der Waals surface area (Å²) in [5.41, 5.74) is 1.58. The quantitative estimate of drug-likeness (QED) is 0.664. The lowest BCUT2D eigenvalue weighted by Gasteiger charge is -2.10.